The van der Waals surface area contributed by atoms with Crippen LogP contribution in [0.2, 0.25) is 0 Å². The van der Waals surface area contributed by atoms with Gasteiger partial charge in [-0.05, 0) is 55.7 Å². The number of hydrogen-bond acceptors (Lipinski definition) is 2. The van der Waals surface area contributed by atoms with Gasteiger partial charge in [0.1, 0.15) is 0 Å². The van der Waals surface area contributed by atoms with Crippen LogP contribution in [0.25, 0.3) is 0 Å². The van der Waals surface area contributed by atoms with Crippen LogP contribution in [0.4, 0.5) is 0 Å². The number of nitrogens with one attached hydrogen (secondary N) is 1. The smallest absolute Gasteiger partial charge is 0.0204 e. The molecule has 0 aromatic heterocycles. The van der Waals surface area contributed by atoms with Crippen molar-refractivity contribution < 1.29 is 0 Å². The minimum Gasteiger partial charge on any atom is -0.313 e. The zero-order valence-electron chi connectivity index (χ0n) is 15.2. The van der Waals surface area contributed by atoms with Gasteiger partial charge in [0.2, 0.25) is 0 Å². The molecule has 0 bridgehead atoms. The van der Waals surface area contributed by atoms with E-state index in [1.807, 2.05) is 0 Å². The molecule has 1 N–H and O–H groups in total. The molecule has 21 heavy (non-hydrogen) atoms. The van der Waals surface area contributed by atoms with Gasteiger partial charge < -0.3 is 5.32 Å². The molecule has 126 valence electrons. The summed E-state index contributed by atoms with van der Waals surface area (Å²) in [6, 6.07) is 0.764. The molecular weight excluding hydrogens is 274 g/mol. The van der Waals surface area contributed by atoms with E-state index in [-0.39, 0.29) is 0 Å². The van der Waals surface area contributed by atoms with Crippen molar-refractivity contribution in [3.8, 4) is 0 Å². The van der Waals surface area contributed by atoms with E-state index in [9.17, 15) is 0 Å². The van der Waals surface area contributed by atoms with E-state index >= 15 is 0 Å². The molecule has 0 aromatic rings. The Balaban J connectivity index is 2.54. The third kappa shape index (κ3) is 6.52. The SMILES string of the molecule is CCCCCSC1CC(C(C)(C)CC)CCC1NCCC. The minimum absolute atomic E-state index is 0.526. The van der Waals surface area contributed by atoms with Crippen molar-refractivity contribution in [2.45, 2.75) is 97.3 Å². The first-order valence-corrected chi connectivity index (χ1v) is 10.4. The molecule has 3 atom stereocenters. The molecular formula is C19H39NS. The molecule has 1 nitrogen and oxygen atoms in total. The molecule has 0 radical (unpaired) electrons. The van der Waals surface area contributed by atoms with Gasteiger partial charge in [0.25, 0.3) is 0 Å². The van der Waals surface area contributed by atoms with E-state index in [4.69, 9.17) is 0 Å². The number of unbranched alkanes of at least 4 members (excludes halogenated alkanes) is 2. The Morgan fingerprint density at radius 3 is 2.43 bits per heavy atom. The summed E-state index contributed by atoms with van der Waals surface area (Å²) in [6.07, 6.45) is 11.0. The zero-order valence-corrected chi connectivity index (χ0v) is 16.0. The van der Waals surface area contributed by atoms with Crippen LogP contribution in [-0.4, -0.2) is 23.6 Å². The number of rotatable bonds is 10. The fraction of sp³-hybridized carbons (Fsp3) is 1.00. The highest BCUT2D eigenvalue weighted by atomic mass is 32.2. The average molecular weight is 314 g/mol. The quantitative estimate of drug-likeness (QED) is 0.505. The molecule has 1 fully saturated rings. The van der Waals surface area contributed by atoms with Gasteiger partial charge in [0.05, 0.1) is 0 Å². The fourth-order valence-corrected chi connectivity index (χ4v) is 4.97. The maximum atomic E-state index is 3.83. The lowest BCUT2D eigenvalue weighted by atomic mass is 9.68. The Labute approximate surface area is 138 Å². The van der Waals surface area contributed by atoms with E-state index in [1.54, 1.807) is 0 Å². The van der Waals surface area contributed by atoms with Crippen molar-refractivity contribution in [1.29, 1.82) is 0 Å². The lowest BCUT2D eigenvalue weighted by Crippen LogP contribution is -2.45. The highest BCUT2D eigenvalue weighted by Crippen LogP contribution is 2.43. The summed E-state index contributed by atoms with van der Waals surface area (Å²) in [4.78, 5) is 0. The van der Waals surface area contributed by atoms with E-state index in [0.717, 1.165) is 17.2 Å². The largest absolute Gasteiger partial charge is 0.313 e. The lowest BCUT2D eigenvalue weighted by molar-refractivity contribution is 0.141. The topological polar surface area (TPSA) is 12.0 Å². The van der Waals surface area contributed by atoms with Crippen molar-refractivity contribution in [3.63, 3.8) is 0 Å². The summed E-state index contributed by atoms with van der Waals surface area (Å²) >= 11 is 2.26. The molecule has 0 aliphatic heterocycles. The standard InChI is InChI=1S/C19H39NS/c1-6-9-10-14-21-18-15-16(19(4,5)8-3)11-12-17(18)20-13-7-2/h16-18,20H,6-15H2,1-5H3. The van der Waals surface area contributed by atoms with Crippen molar-refractivity contribution in [3.05, 3.63) is 0 Å². The van der Waals surface area contributed by atoms with Crippen molar-refractivity contribution in [2.75, 3.05) is 12.3 Å². The highest BCUT2D eigenvalue weighted by Gasteiger charge is 2.36. The fourth-order valence-electron chi connectivity index (χ4n) is 3.46. The Morgan fingerprint density at radius 2 is 1.81 bits per heavy atom. The minimum atomic E-state index is 0.526. The van der Waals surface area contributed by atoms with E-state index in [2.05, 4.69) is 51.7 Å². The van der Waals surface area contributed by atoms with Gasteiger partial charge in [-0.3, -0.25) is 0 Å². The summed E-state index contributed by atoms with van der Waals surface area (Å²) in [5, 5.41) is 4.68. The first-order valence-electron chi connectivity index (χ1n) is 9.40. The number of thioether (sulfide) groups is 1. The summed E-state index contributed by atoms with van der Waals surface area (Å²) in [6.45, 7) is 13.1. The van der Waals surface area contributed by atoms with Gasteiger partial charge in [-0.2, -0.15) is 11.8 Å². The van der Waals surface area contributed by atoms with Gasteiger partial charge in [0, 0.05) is 11.3 Å². The van der Waals surface area contributed by atoms with E-state index in [0.29, 0.717) is 5.41 Å². The zero-order chi connectivity index (χ0) is 15.7. The second-order valence-corrected chi connectivity index (χ2v) is 8.88. The van der Waals surface area contributed by atoms with E-state index < -0.39 is 0 Å². The van der Waals surface area contributed by atoms with Crippen LogP contribution in [0.3, 0.4) is 0 Å². The highest BCUT2D eigenvalue weighted by molar-refractivity contribution is 7.99. The third-order valence-corrected chi connectivity index (χ3v) is 7.02. The lowest BCUT2D eigenvalue weighted by Gasteiger charge is -2.43. The van der Waals surface area contributed by atoms with Crippen LogP contribution in [0.15, 0.2) is 0 Å². The van der Waals surface area contributed by atoms with Crippen LogP contribution < -0.4 is 5.32 Å². The Bertz CT molecular complexity index is 264. The molecule has 1 saturated carbocycles. The molecule has 0 spiro atoms. The summed E-state index contributed by atoms with van der Waals surface area (Å²) in [7, 11) is 0. The Hall–Kier alpha value is 0.310. The molecule has 2 heteroatoms. The molecule has 0 amide bonds. The first kappa shape index (κ1) is 19.4. The second kappa shape index (κ2) is 10.2. The summed E-state index contributed by atoms with van der Waals surface area (Å²) in [5.74, 6) is 2.29. The summed E-state index contributed by atoms with van der Waals surface area (Å²) in [5.41, 5.74) is 0.526. The third-order valence-electron chi connectivity index (χ3n) is 5.54. The summed E-state index contributed by atoms with van der Waals surface area (Å²) < 4.78 is 0. The van der Waals surface area contributed by atoms with Crippen LogP contribution in [0, 0.1) is 11.3 Å². The molecule has 0 heterocycles. The molecule has 1 rings (SSSR count). The maximum Gasteiger partial charge on any atom is 0.0204 e. The second-order valence-electron chi connectivity index (χ2n) is 7.53. The van der Waals surface area contributed by atoms with Gasteiger partial charge >= 0.3 is 0 Å². The number of hydrogen-bond donors (Lipinski definition) is 1. The average Bonchev–Trinajstić information content (AvgIpc) is 2.50. The molecule has 1 aliphatic carbocycles. The van der Waals surface area contributed by atoms with Gasteiger partial charge in [0.15, 0.2) is 0 Å². The normalized spacial score (nSPS) is 27.0. The molecule has 0 saturated heterocycles. The predicted octanol–water partition coefficient (Wildman–Crippen LogP) is 5.88. The van der Waals surface area contributed by atoms with Crippen molar-refractivity contribution in [1.82, 2.24) is 5.32 Å². The van der Waals surface area contributed by atoms with E-state index in [1.165, 1.54) is 63.7 Å². The monoisotopic (exact) mass is 313 g/mol. The predicted molar refractivity (Wildman–Crippen MR) is 99.3 cm³/mol. The Kier molecular flexibility index (Phi) is 9.36. The van der Waals surface area contributed by atoms with Crippen LogP contribution in [-0.2, 0) is 0 Å². The van der Waals surface area contributed by atoms with Crippen LogP contribution >= 0.6 is 11.8 Å². The van der Waals surface area contributed by atoms with Crippen molar-refractivity contribution >= 4 is 11.8 Å². The van der Waals surface area contributed by atoms with Crippen LogP contribution in [0.1, 0.15) is 86.0 Å². The molecule has 1 aliphatic rings. The molecule has 0 aromatic carbocycles. The van der Waals surface area contributed by atoms with Gasteiger partial charge in [-0.1, -0.05) is 53.9 Å². The molecule has 3 unspecified atom stereocenters. The van der Waals surface area contributed by atoms with Crippen molar-refractivity contribution in [2.24, 2.45) is 11.3 Å². The first-order chi connectivity index (χ1) is 10.0. The van der Waals surface area contributed by atoms with Gasteiger partial charge in [-0.25, -0.2) is 0 Å². The van der Waals surface area contributed by atoms with Gasteiger partial charge in [-0.15, -0.1) is 0 Å². The van der Waals surface area contributed by atoms with Crippen LogP contribution in [0.5, 0.6) is 0 Å². The Morgan fingerprint density at radius 1 is 1.05 bits per heavy atom. The maximum absolute atomic E-state index is 3.83.